The topological polar surface area (TPSA) is 77.9 Å². The Morgan fingerprint density at radius 2 is 1.90 bits per heavy atom. The van der Waals surface area contributed by atoms with Crippen LogP contribution in [-0.4, -0.2) is 63.1 Å². The molecule has 0 bridgehead atoms. The SMILES string of the molecule is COC(=O)CC(C)c1ccc(N(CC(C)C)C2CCOCC2)c(Nc2nc(C(F)(F)F)cn2COCC[Si](C)(C)C)c1. The van der Waals surface area contributed by atoms with Crippen LogP contribution < -0.4 is 10.2 Å². The number of halogens is 3. The summed E-state index contributed by atoms with van der Waals surface area (Å²) in [5.41, 5.74) is 1.37. The first-order chi connectivity index (χ1) is 19.7. The van der Waals surface area contributed by atoms with Crippen LogP contribution in [0.1, 0.15) is 57.2 Å². The zero-order valence-electron chi connectivity index (χ0n) is 26.0. The zero-order chi connectivity index (χ0) is 31.1. The van der Waals surface area contributed by atoms with Gasteiger partial charge in [0, 0.05) is 46.7 Å². The minimum atomic E-state index is -4.61. The second-order valence-electron chi connectivity index (χ2n) is 12.7. The van der Waals surface area contributed by atoms with Gasteiger partial charge in [0.15, 0.2) is 5.69 Å². The standard InChI is InChI=1S/C30H47F3N4O4Si/c1-21(2)18-37(24-10-12-40-13-11-24)26-9-8-23(22(3)16-28(38)39-4)17-25(26)34-29-35-27(30(31,32)33)19-36(29)20-41-14-15-42(5,6)7/h8-9,17,19,21-22,24H,10-16,18,20H2,1-7H3,(H,34,35). The molecule has 0 aliphatic carbocycles. The number of ether oxygens (including phenoxy) is 3. The Bertz CT molecular complexity index is 1160. The molecule has 236 valence electrons. The summed E-state index contributed by atoms with van der Waals surface area (Å²) in [6.45, 7) is 15.4. The van der Waals surface area contributed by atoms with E-state index in [4.69, 9.17) is 14.2 Å². The molecule has 1 unspecified atom stereocenters. The molecule has 8 nitrogen and oxygen atoms in total. The van der Waals surface area contributed by atoms with Gasteiger partial charge in [-0.3, -0.25) is 9.36 Å². The van der Waals surface area contributed by atoms with Crippen LogP contribution in [0.2, 0.25) is 25.7 Å². The van der Waals surface area contributed by atoms with Crippen LogP contribution in [0.4, 0.5) is 30.5 Å². The summed E-state index contributed by atoms with van der Waals surface area (Å²) in [6, 6.07) is 7.00. The average Bonchev–Trinajstić information content (AvgIpc) is 3.32. The van der Waals surface area contributed by atoms with Crippen molar-refractivity contribution >= 4 is 31.4 Å². The number of carbonyl (C=O) groups is 1. The number of esters is 1. The van der Waals surface area contributed by atoms with E-state index in [1.807, 2.05) is 25.1 Å². The van der Waals surface area contributed by atoms with Gasteiger partial charge in [-0.15, -0.1) is 0 Å². The van der Waals surface area contributed by atoms with E-state index in [9.17, 15) is 18.0 Å². The molecule has 1 aliphatic heterocycles. The van der Waals surface area contributed by atoms with Crippen molar-refractivity contribution in [2.24, 2.45) is 5.92 Å². The second kappa shape index (κ2) is 14.7. The van der Waals surface area contributed by atoms with Crippen molar-refractivity contribution in [3.63, 3.8) is 0 Å². The second-order valence-corrected chi connectivity index (χ2v) is 18.4. The number of methoxy groups -OCH3 is 1. The molecule has 2 heterocycles. The van der Waals surface area contributed by atoms with Gasteiger partial charge in [0.1, 0.15) is 6.73 Å². The van der Waals surface area contributed by atoms with Crippen molar-refractivity contribution in [2.45, 2.75) is 90.6 Å². The normalized spacial score (nSPS) is 15.6. The van der Waals surface area contributed by atoms with Crippen LogP contribution in [0, 0.1) is 5.92 Å². The zero-order valence-corrected chi connectivity index (χ0v) is 27.0. The molecule has 1 N–H and O–H groups in total. The van der Waals surface area contributed by atoms with Gasteiger partial charge in [0.2, 0.25) is 5.95 Å². The number of hydrogen-bond donors (Lipinski definition) is 1. The number of anilines is 3. The monoisotopic (exact) mass is 612 g/mol. The lowest BCUT2D eigenvalue weighted by molar-refractivity contribution is -0.141. The van der Waals surface area contributed by atoms with Gasteiger partial charge in [0.25, 0.3) is 0 Å². The van der Waals surface area contributed by atoms with E-state index in [-0.39, 0.29) is 37.0 Å². The van der Waals surface area contributed by atoms with Gasteiger partial charge in [-0.2, -0.15) is 13.2 Å². The van der Waals surface area contributed by atoms with E-state index in [0.717, 1.165) is 42.9 Å². The van der Waals surface area contributed by atoms with Crippen LogP contribution in [0.15, 0.2) is 24.4 Å². The van der Waals surface area contributed by atoms with Crippen LogP contribution in [-0.2, 0) is 31.9 Å². The van der Waals surface area contributed by atoms with E-state index >= 15 is 0 Å². The number of alkyl halides is 3. The fraction of sp³-hybridized carbons (Fsp3) is 0.667. The minimum Gasteiger partial charge on any atom is -0.469 e. The van der Waals surface area contributed by atoms with Gasteiger partial charge >= 0.3 is 12.1 Å². The molecule has 1 aromatic carbocycles. The Labute approximate surface area is 248 Å². The number of rotatable bonds is 14. The summed E-state index contributed by atoms with van der Waals surface area (Å²) < 4.78 is 59.0. The summed E-state index contributed by atoms with van der Waals surface area (Å²) >= 11 is 0. The molecule has 1 atom stereocenters. The third kappa shape index (κ3) is 10.0. The number of nitrogens with zero attached hydrogens (tertiary/aromatic N) is 3. The highest BCUT2D eigenvalue weighted by Gasteiger charge is 2.35. The van der Waals surface area contributed by atoms with Crippen LogP contribution in [0.3, 0.4) is 0 Å². The lowest BCUT2D eigenvalue weighted by atomic mass is 9.95. The number of aromatic nitrogens is 2. The van der Waals surface area contributed by atoms with Gasteiger partial charge in [-0.05, 0) is 48.4 Å². The summed E-state index contributed by atoms with van der Waals surface area (Å²) in [7, 11) is -0.0159. The van der Waals surface area contributed by atoms with E-state index < -0.39 is 19.9 Å². The molecule has 3 rings (SSSR count). The Kier molecular flexibility index (Phi) is 11.9. The fourth-order valence-electron chi connectivity index (χ4n) is 4.91. The summed E-state index contributed by atoms with van der Waals surface area (Å²) in [4.78, 5) is 18.3. The molecule has 42 heavy (non-hydrogen) atoms. The highest BCUT2D eigenvalue weighted by Crippen LogP contribution is 2.37. The number of imidazole rings is 1. The van der Waals surface area contributed by atoms with Crippen molar-refractivity contribution in [1.29, 1.82) is 0 Å². The molecular formula is C30H47F3N4O4Si. The summed E-state index contributed by atoms with van der Waals surface area (Å²) in [5.74, 6) is -0.0994. The largest absolute Gasteiger partial charge is 0.469 e. The van der Waals surface area contributed by atoms with Gasteiger partial charge in [-0.1, -0.05) is 46.5 Å². The molecule has 2 aromatic rings. The first-order valence-corrected chi connectivity index (χ1v) is 18.4. The van der Waals surface area contributed by atoms with Crippen LogP contribution >= 0.6 is 0 Å². The van der Waals surface area contributed by atoms with Crippen molar-refractivity contribution in [1.82, 2.24) is 9.55 Å². The minimum absolute atomic E-state index is 0.0471. The molecule has 1 saturated heterocycles. The number of carbonyl (C=O) groups excluding carboxylic acids is 1. The third-order valence-corrected chi connectivity index (χ3v) is 9.04. The molecule has 0 amide bonds. The highest BCUT2D eigenvalue weighted by atomic mass is 28.3. The molecule has 12 heteroatoms. The van der Waals surface area contributed by atoms with Crippen molar-refractivity contribution in [2.75, 3.05) is 43.7 Å². The molecule has 0 radical (unpaired) electrons. The van der Waals surface area contributed by atoms with E-state index in [1.54, 1.807) is 0 Å². The predicted octanol–water partition coefficient (Wildman–Crippen LogP) is 7.27. The lowest BCUT2D eigenvalue weighted by Crippen LogP contribution is -2.42. The van der Waals surface area contributed by atoms with Crippen molar-refractivity contribution in [3.8, 4) is 0 Å². The average molecular weight is 613 g/mol. The molecule has 0 spiro atoms. The number of benzene rings is 1. The third-order valence-electron chi connectivity index (χ3n) is 7.33. The van der Waals surface area contributed by atoms with Gasteiger partial charge in [0.05, 0.1) is 24.9 Å². The quantitative estimate of drug-likeness (QED) is 0.137. The lowest BCUT2D eigenvalue weighted by Gasteiger charge is -2.38. The maximum atomic E-state index is 13.8. The Balaban J connectivity index is 2.04. The first kappa shape index (κ1) is 33.9. The Morgan fingerprint density at radius 3 is 2.50 bits per heavy atom. The number of hydrogen-bond acceptors (Lipinski definition) is 7. The van der Waals surface area contributed by atoms with Crippen LogP contribution in [0.25, 0.3) is 0 Å². The summed E-state index contributed by atoms with van der Waals surface area (Å²) in [5, 5.41) is 3.24. The van der Waals surface area contributed by atoms with E-state index in [1.165, 1.54) is 11.7 Å². The van der Waals surface area contributed by atoms with Crippen molar-refractivity contribution < 1.29 is 32.2 Å². The van der Waals surface area contributed by atoms with Gasteiger partial charge < -0.3 is 24.4 Å². The molecule has 1 fully saturated rings. The molecular weight excluding hydrogens is 565 g/mol. The highest BCUT2D eigenvalue weighted by molar-refractivity contribution is 6.76. The maximum absolute atomic E-state index is 13.8. The molecule has 1 aliphatic rings. The number of nitrogens with one attached hydrogen (secondary N) is 1. The van der Waals surface area contributed by atoms with E-state index in [2.05, 4.69) is 48.7 Å². The first-order valence-electron chi connectivity index (χ1n) is 14.7. The van der Waals surface area contributed by atoms with Gasteiger partial charge in [-0.25, -0.2) is 4.98 Å². The van der Waals surface area contributed by atoms with E-state index in [0.29, 0.717) is 31.4 Å². The Morgan fingerprint density at radius 1 is 1.21 bits per heavy atom. The smallest absolute Gasteiger partial charge is 0.434 e. The van der Waals surface area contributed by atoms with Crippen LogP contribution in [0.5, 0.6) is 0 Å². The fourth-order valence-corrected chi connectivity index (χ4v) is 5.67. The predicted molar refractivity (Wildman–Crippen MR) is 162 cm³/mol. The summed E-state index contributed by atoms with van der Waals surface area (Å²) in [6.07, 6.45) is -1.73. The Hall–Kier alpha value is -2.57. The maximum Gasteiger partial charge on any atom is 0.434 e. The molecule has 0 saturated carbocycles. The molecule has 1 aromatic heterocycles. The van der Waals surface area contributed by atoms with Crippen molar-refractivity contribution in [3.05, 3.63) is 35.7 Å².